The number of halogens is 1. The number of nitrogens with two attached hydrogens (primary N) is 1. The van der Waals surface area contributed by atoms with E-state index in [1.54, 1.807) is 16.7 Å². The summed E-state index contributed by atoms with van der Waals surface area (Å²) in [7, 11) is 0. The molecule has 1 heterocycles. The van der Waals surface area contributed by atoms with E-state index < -0.39 is 0 Å². The van der Waals surface area contributed by atoms with Crippen molar-refractivity contribution in [2.45, 2.75) is 39.7 Å². The highest BCUT2D eigenvalue weighted by molar-refractivity contribution is 5.72. The maximum atomic E-state index is 14.1. The molecule has 1 aromatic heterocycles. The molecule has 4 heteroatoms. The molecule has 0 amide bonds. The molecular weight excluding hydrogens is 265 g/mol. The third-order valence-electron chi connectivity index (χ3n) is 3.30. The Bertz CT molecular complexity index is 715. The number of hydrogen-bond donors (Lipinski definition) is 1. The van der Waals surface area contributed by atoms with Gasteiger partial charge < -0.3 is 10.3 Å². The van der Waals surface area contributed by atoms with Gasteiger partial charge in [-0.1, -0.05) is 38.3 Å². The van der Waals surface area contributed by atoms with Crippen molar-refractivity contribution in [3.8, 4) is 23.6 Å². The van der Waals surface area contributed by atoms with Gasteiger partial charge in [-0.2, -0.15) is 0 Å². The minimum absolute atomic E-state index is 0.233. The van der Waals surface area contributed by atoms with Crippen molar-refractivity contribution in [2.75, 3.05) is 5.73 Å². The number of aromatic nitrogens is 2. The van der Waals surface area contributed by atoms with E-state index in [0.29, 0.717) is 23.6 Å². The topological polar surface area (TPSA) is 43.8 Å². The molecule has 0 unspecified atom stereocenters. The summed E-state index contributed by atoms with van der Waals surface area (Å²) in [5.74, 6) is 3.41. The first-order valence-corrected chi connectivity index (χ1v) is 6.82. The lowest BCUT2D eigenvalue weighted by atomic mass is 9.95. The second-order valence-corrected chi connectivity index (χ2v) is 6.19. The van der Waals surface area contributed by atoms with Crippen molar-refractivity contribution in [1.29, 1.82) is 0 Å². The average molecular weight is 285 g/mol. The first-order valence-electron chi connectivity index (χ1n) is 6.82. The van der Waals surface area contributed by atoms with Crippen LogP contribution in [0.2, 0.25) is 0 Å². The Kier molecular flexibility index (Phi) is 3.78. The van der Waals surface area contributed by atoms with Gasteiger partial charge >= 0.3 is 0 Å². The smallest absolute Gasteiger partial charge is 0.132 e. The zero-order valence-electron chi connectivity index (χ0n) is 12.9. The van der Waals surface area contributed by atoms with Crippen molar-refractivity contribution in [3.63, 3.8) is 0 Å². The van der Waals surface area contributed by atoms with E-state index in [1.165, 1.54) is 6.07 Å². The van der Waals surface area contributed by atoms with Crippen LogP contribution in [-0.2, 0) is 12.0 Å². The molecular formula is C17H20FN3. The highest BCUT2D eigenvalue weighted by Crippen LogP contribution is 2.33. The molecule has 110 valence electrons. The number of rotatable bonds is 2. The van der Waals surface area contributed by atoms with Crippen LogP contribution in [0.4, 0.5) is 10.2 Å². The average Bonchev–Trinajstić information content (AvgIpc) is 2.71. The monoisotopic (exact) mass is 285 g/mol. The van der Waals surface area contributed by atoms with Gasteiger partial charge in [-0.3, -0.25) is 0 Å². The zero-order chi connectivity index (χ0) is 15.8. The molecule has 0 aliphatic rings. The van der Waals surface area contributed by atoms with E-state index in [0.717, 1.165) is 11.4 Å². The van der Waals surface area contributed by atoms with E-state index >= 15 is 0 Å². The van der Waals surface area contributed by atoms with E-state index in [-0.39, 0.29) is 11.2 Å². The zero-order valence-corrected chi connectivity index (χ0v) is 12.9. The molecule has 2 aromatic rings. The fourth-order valence-electron chi connectivity index (χ4n) is 2.31. The van der Waals surface area contributed by atoms with Gasteiger partial charge in [0, 0.05) is 11.0 Å². The fraction of sp³-hybridized carbons (Fsp3) is 0.353. The first-order chi connectivity index (χ1) is 9.75. The number of imidazole rings is 1. The van der Waals surface area contributed by atoms with Crippen molar-refractivity contribution < 1.29 is 4.39 Å². The molecule has 0 saturated heterocycles. The molecule has 0 radical (unpaired) electrons. The maximum Gasteiger partial charge on any atom is 0.132 e. The molecule has 2 N–H and O–H groups in total. The third kappa shape index (κ3) is 2.78. The normalized spacial score (nSPS) is 11.4. The lowest BCUT2D eigenvalue weighted by Crippen LogP contribution is -2.19. The highest BCUT2D eigenvalue weighted by atomic mass is 19.1. The number of nitrogen functional groups attached to an aromatic ring is 1. The van der Waals surface area contributed by atoms with Crippen molar-refractivity contribution in [2.24, 2.45) is 0 Å². The second-order valence-electron chi connectivity index (χ2n) is 6.19. The SMILES string of the molecule is C#CCn1c(C(C)(C)C)nc(-c2cc(C)ccc2F)c1N. The molecule has 0 bridgehead atoms. The Morgan fingerprint density at radius 2 is 2.05 bits per heavy atom. The van der Waals surface area contributed by atoms with E-state index in [4.69, 9.17) is 12.2 Å². The predicted octanol–water partition coefficient (Wildman–Crippen LogP) is 3.51. The van der Waals surface area contributed by atoms with Crippen molar-refractivity contribution in [3.05, 3.63) is 35.4 Å². The molecule has 0 fully saturated rings. The number of aryl methyl sites for hydroxylation is 1. The number of benzene rings is 1. The molecule has 0 aliphatic heterocycles. The molecule has 21 heavy (non-hydrogen) atoms. The van der Waals surface area contributed by atoms with Crippen LogP contribution in [0.15, 0.2) is 18.2 Å². The number of nitrogens with zero attached hydrogens (tertiary/aromatic N) is 2. The van der Waals surface area contributed by atoms with Gasteiger partial charge in [0.15, 0.2) is 0 Å². The Labute approximate surface area is 125 Å². The van der Waals surface area contributed by atoms with Crippen LogP contribution in [0.1, 0.15) is 32.2 Å². The van der Waals surface area contributed by atoms with Gasteiger partial charge in [-0.05, 0) is 19.1 Å². The summed E-state index contributed by atoms with van der Waals surface area (Å²) in [6.07, 6.45) is 5.42. The quantitative estimate of drug-likeness (QED) is 0.858. The lowest BCUT2D eigenvalue weighted by molar-refractivity contribution is 0.517. The number of terminal acetylenes is 1. The van der Waals surface area contributed by atoms with E-state index in [1.807, 2.05) is 27.7 Å². The van der Waals surface area contributed by atoms with Crippen LogP contribution in [0.5, 0.6) is 0 Å². The van der Waals surface area contributed by atoms with Gasteiger partial charge in [-0.25, -0.2) is 9.37 Å². The molecule has 2 rings (SSSR count). The first kappa shape index (κ1) is 15.1. The summed E-state index contributed by atoms with van der Waals surface area (Å²) in [4.78, 5) is 4.57. The second kappa shape index (κ2) is 5.25. The van der Waals surface area contributed by atoms with E-state index in [9.17, 15) is 4.39 Å². The van der Waals surface area contributed by atoms with Gasteiger partial charge in [-0.15, -0.1) is 6.42 Å². The van der Waals surface area contributed by atoms with Gasteiger partial charge in [0.05, 0.1) is 6.54 Å². The van der Waals surface area contributed by atoms with Crippen molar-refractivity contribution in [1.82, 2.24) is 9.55 Å². The minimum Gasteiger partial charge on any atom is -0.383 e. The summed E-state index contributed by atoms with van der Waals surface area (Å²) >= 11 is 0. The summed E-state index contributed by atoms with van der Waals surface area (Å²) in [5, 5.41) is 0. The van der Waals surface area contributed by atoms with Gasteiger partial charge in [0.2, 0.25) is 0 Å². The Morgan fingerprint density at radius 3 is 2.62 bits per heavy atom. The highest BCUT2D eigenvalue weighted by Gasteiger charge is 2.26. The lowest BCUT2D eigenvalue weighted by Gasteiger charge is -2.18. The standard InChI is InChI=1S/C17H20FN3/c1-6-9-21-15(19)14(20-16(21)17(3,4)5)12-10-11(2)7-8-13(12)18/h1,7-8,10H,9,19H2,2-5H3. The summed E-state index contributed by atoms with van der Waals surface area (Å²) in [6.45, 7) is 8.30. The maximum absolute atomic E-state index is 14.1. The van der Waals surface area contributed by atoms with Crippen LogP contribution >= 0.6 is 0 Å². The van der Waals surface area contributed by atoms with Crippen LogP contribution in [0.25, 0.3) is 11.3 Å². The Balaban J connectivity index is 2.71. The van der Waals surface area contributed by atoms with Crippen LogP contribution < -0.4 is 5.73 Å². The molecule has 3 nitrogen and oxygen atoms in total. The third-order valence-corrected chi connectivity index (χ3v) is 3.30. The van der Waals surface area contributed by atoms with Crippen LogP contribution in [0.3, 0.4) is 0 Å². The molecule has 0 saturated carbocycles. The van der Waals surface area contributed by atoms with Gasteiger partial charge in [0.1, 0.15) is 23.2 Å². The number of anilines is 1. The van der Waals surface area contributed by atoms with Gasteiger partial charge in [0.25, 0.3) is 0 Å². The molecule has 1 aromatic carbocycles. The number of hydrogen-bond acceptors (Lipinski definition) is 2. The summed E-state index contributed by atoms with van der Waals surface area (Å²) in [6, 6.07) is 4.90. The van der Waals surface area contributed by atoms with Crippen LogP contribution in [-0.4, -0.2) is 9.55 Å². The molecule has 0 aliphatic carbocycles. The molecule has 0 spiro atoms. The largest absolute Gasteiger partial charge is 0.383 e. The fourth-order valence-corrected chi connectivity index (χ4v) is 2.31. The van der Waals surface area contributed by atoms with Crippen molar-refractivity contribution >= 4 is 5.82 Å². The van der Waals surface area contributed by atoms with E-state index in [2.05, 4.69) is 10.9 Å². The molecule has 0 atom stereocenters. The minimum atomic E-state index is -0.335. The summed E-state index contributed by atoms with van der Waals surface area (Å²) < 4.78 is 15.9. The van der Waals surface area contributed by atoms with Crippen LogP contribution in [0, 0.1) is 25.1 Å². The summed E-state index contributed by atoms with van der Waals surface area (Å²) in [5.41, 5.74) is 7.76. The Hall–Kier alpha value is -2.28. The Morgan fingerprint density at radius 1 is 1.38 bits per heavy atom. The predicted molar refractivity (Wildman–Crippen MR) is 84.3 cm³/mol.